The first-order valence-corrected chi connectivity index (χ1v) is 11.1. The average molecular weight is 365 g/mol. The van der Waals surface area contributed by atoms with Crippen LogP contribution in [0.5, 0.6) is 0 Å². The Morgan fingerprint density at radius 2 is 1.81 bits per heavy atom. The van der Waals surface area contributed by atoms with E-state index in [2.05, 4.69) is 27.7 Å². The maximum absolute atomic E-state index is 10.9. The Hall–Kier alpha value is -0.570. The van der Waals surface area contributed by atoms with E-state index in [0.29, 0.717) is 29.6 Å². The molecule has 9 atom stereocenters. The van der Waals surface area contributed by atoms with Crippen LogP contribution in [0, 0.1) is 46.8 Å². The summed E-state index contributed by atoms with van der Waals surface area (Å²) in [4.78, 5) is 10.9. The van der Waals surface area contributed by atoms with Crippen molar-refractivity contribution in [3.8, 4) is 0 Å². The number of aliphatic hydroxyl groups excluding tert-OH is 1. The summed E-state index contributed by atoms with van der Waals surface area (Å²) >= 11 is 0. The van der Waals surface area contributed by atoms with Gasteiger partial charge in [-0.15, -0.1) is 0 Å². The second-order valence-electron chi connectivity index (χ2n) is 10.3. The fraction of sp³-hybridized carbons (Fsp3) is 0.957. The van der Waals surface area contributed by atoms with Crippen LogP contribution in [0.25, 0.3) is 0 Å². The van der Waals surface area contributed by atoms with Crippen molar-refractivity contribution in [1.82, 2.24) is 0 Å². The molecule has 2 N–H and O–H groups in total. The second kappa shape index (κ2) is 7.81. The first kappa shape index (κ1) is 20.2. The molecule has 0 bridgehead atoms. The number of aliphatic carboxylic acids is 1. The lowest BCUT2D eigenvalue weighted by Gasteiger charge is -2.55. The summed E-state index contributed by atoms with van der Waals surface area (Å²) in [5.41, 5.74) is 0.412. The number of aliphatic hydroxyl groups is 1. The van der Waals surface area contributed by atoms with Crippen LogP contribution in [0.3, 0.4) is 0 Å². The number of rotatable bonds is 5. The lowest BCUT2D eigenvalue weighted by Crippen LogP contribution is -2.48. The molecule has 0 heterocycles. The van der Waals surface area contributed by atoms with E-state index in [4.69, 9.17) is 5.11 Å². The first-order chi connectivity index (χ1) is 12.2. The fourth-order valence-electron chi connectivity index (χ4n) is 7.36. The summed E-state index contributed by atoms with van der Waals surface area (Å²) < 4.78 is 0. The van der Waals surface area contributed by atoms with Gasteiger partial charge in [0.2, 0.25) is 0 Å². The topological polar surface area (TPSA) is 57.5 Å². The van der Waals surface area contributed by atoms with Crippen LogP contribution in [0.4, 0.5) is 0 Å². The summed E-state index contributed by atoms with van der Waals surface area (Å²) in [6, 6.07) is 0. The van der Waals surface area contributed by atoms with Gasteiger partial charge in [-0.25, -0.2) is 0 Å². The molecule has 0 amide bonds. The van der Waals surface area contributed by atoms with E-state index in [1.807, 2.05) is 0 Å². The summed E-state index contributed by atoms with van der Waals surface area (Å²) in [6.45, 7) is 9.73. The van der Waals surface area contributed by atoms with Crippen LogP contribution >= 0.6 is 0 Å². The molecule has 0 radical (unpaired) electrons. The van der Waals surface area contributed by atoms with Gasteiger partial charge < -0.3 is 10.2 Å². The van der Waals surface area contributed by atoms with Gasteiger partial charge in [0.1, 0.15) is 0 Å². The van der Waals surface area contributed by atoms with Crippen LogP contribution in [-0.4, -0.2) is 22.3 Å². The normalized spacial score (nSPS) is 47.3. The molecule has 3 heteroatoms. The highest BCUT2D eigenvalue weighted by atomic mass is 16.4. The number of hydrogen-bond acceptors (Lipinski definition) is 2. The van der Waals surface area contributed by atoms with Gasteiger partial charge in [-0.1, -0.05) is 27.7 Å². The molecular formula is C23H40O3. The Bertz CT molecular complexity index is 504. The summed E-state index contributed by atoms with van der Waals surface area (Å²) in [7, 11) is 0. The molecule has 3 aliphatic rings. The van der Waals surface area contributed by atoms with Crippen molar-refractivity contribution in [2.75, 3.05) is 0 Å². The highest BCUT2D eigenvalue weighted by molar-refractivity contribution is 5.66. The van der Waals surface area contributed by atoms with Gasteiger partial charge in [0.25, 0.3) is 0 Å². The van der Waals surface area contributed by atoms with Gasteiger partial charge in [-0.2, -0.15) is 0 Å². The smallest absolute Gasteiger partial charge is 0.303 e. The molecule has 150 valence electrons. The minimum Gasteiger partial charge on any atom is -0.481 e. The minimum atomic E-state index is -0.654. The number of carboxylic acids is 1. The highest BCUT2D eigenvalue weighted by Crippen LogP contribution is 2.59. The van der Waals surface area contributed by atoms with Gasteiger partial charge >= 0.3 is 5.97 Å². The molecule has 0 aromatic rings. The predicted molar refractivity (Wildman–Crippen MR) is 105 cm³/mol. The minimum absolute atomic E-state index is 0.0679. The largest absolute Gasteiger partial charge is 0.481 e. The van der Waals surface area contributed by atoms with Gasteiger partial charge in [0.05, 0.1) is 6.10 Å². The SMILES string of the molecule is CC1[C@H]([C@@H]2CC[C@@H]3C[C@H](O)CC[C@]3(C)[C@H]2C)CC[C@@H]1[C@H](C)CCC(=O)O. The average Bonchev–Trinajstić information content (AvgIpc) is 2.96. The molecule has 0 aromatic carbocycles. The van der Waals surface area contributed by atoms with E-state index in [1.54, 1.807) is 0 Å². The van der Waals surface area contributed by atoms with E-state index >= 15 is 0 Å². The molecule has 3 nitrogen and oxygen atoms in total. The van der Waals surface area contributed by atoms with Crippen molar-refractivity contribution in [1.29, 1.82) is 0 Å². The molecule has 26 heavy (non-hydrogen) atoms. The number of carbonyl (C=O) groups is 1. The third-order valence-corrected chi connectivity index (χ3v) is 9.31. The molecule has 0 saturated heterocycles. The van der Waals surface area contributed by atoms with E-state index in [0.717, 1.165) is 42.9 Å². The molecule has 0 spiro atoms. The summed E-state index contributed by atoms with van der Waals surface area (Å²) in [6.07, 6.45) is 9.52. The zero-order valence-corrected chi connectivity index (χ0v) is 17.3. The van der Waals surface area contributed by atoms with Crippen LogP contribution in [0.1, 0.15) is 85.5 Å². The van der Waals surface area contributed by atoms with Gasteiger partial charge in [0.15, 0.2) is 0 Å². The second-order valence-corrected chi connectivity index (χ2v) is 10.3. The fourth-order valence-corrected chi connectivity index (χ4v) is 7.36. The van der Waals surface area contributed by atoms with Crippen LogP contribution < -0.4 is 0 Å². The Morgan fingerprint density at radius 3 is 2.50 bits per heavy atom. The third kappa shape index (κ3) is 3.70. The van der Waals surface area contributed by atoms with Crippen molar-refractivity contribution in [3.05, 3.63) is 0 Å². The highest BCUT2D eigenvalue weighted by Gasteiger charge is 2.52. The molecular weight excluding hydrogens is 324 g/mol. The maximum atomic E-state index is 10.9. The molecule has 3 aliphatic carbocycles. The van der Waals surface area contributed by atoms with Crippen molar-refractivity contribution in [2.24, 2.45) is 46.8 Å². The standard InChI is InChI=1S/C23H40O3/c1-14(5-10-22(25)26)19-8-9-20(15(19)2)21-7-6-17-13-18(24)11-12-23(17,4)16(21)3/h14-21,24H,5-13H2,1-4H3,(H,25,26)/t14-,15?,16+,17-,18-,19-,20-,21-,23-/m1/s1. The lowest BCUT2D eigenvalue weighted by atomic mass is 9.50. The van der Waals surface area contributed by atoms with Crippen LogP contribution in [0.15, 0.2) is 0 Å². The third-order valence-electron chi connectivity index (χ3n) is 9.31. The quantitative estimate of drug-likeness (QED) is 0.690. The molecule has 3 fully saturated rings. The monoisotopic (exact) mass is 364 g/mol. The Morgan fingerprint density at radius 1 is 1.12 bits per heavy atom. The van der Waals surface area contributed by atoms with E-state index in [-0.39, 0.29) is 6.10 Å². The van der Waals surface area contributed by atoms with Crippen LogP contribution in [0.2, 0.25) is 0 Å². The van der Waals surface area contributed by atoms with E-state index in [1.165, 1.54) is 32.1 Å². The summed E-state index contributed by atoms with van der Waals surface area (Å²) in [5.74, 6) is 4.38. The molecule has 0 aliphatic heterocycles. The maximum Gasteiger partial charge on any atom is 0.303 e. The number of carboxylic acid groups (broad SMARTS) is 1. The number of fused-ring (bicyclic) bond motifs is 1. The summed E-state index contributed by atoms with van der Waals surface area (Å²) in [5, 5.41) is 19.1. The van der Waals surface area contributed by atoms with Crippen molar-refractivity contribution in [2.45, 2.75) is 91.6 Å². The van der Waals surface area contributed by atoms with Crippen molar-refractivity contribution >= 4 is 5.97 Å². The Kier molecular flexibility index (Phi) is 6.06. The lowest BCUT2D eigenvalue weighted by molar-refractivity contribution is -0.137. The molecule has 3 saturated carbocycles. The first-order valence-electron chi connectivity index (χ1n) is 11.1. The Balaban J connectivity index is 1.65. The van der Waals surface area contributed by atoms with E-state index in [9.17, 15) is 9.90 Å². The zero-order chi connectivity index (χ0) is 19.1. The zero-order valence-electron chi connectivity index (χ0n) is 17.3. The Labute approximate surface area is 160 Å². The molecule has 0 aromatic heterocycles. The molecule has 3 rings (SSSR count). The van der Waals surface area contributed by atoms with Crippen molar-refractivity contribution in [3.63, 3.8) is 0 Å². The molecule has 1 unspecified atom stereocenters. The van der Waals surface area contributed by atoms with Gasteiger partial charge in [0, 0.05) is 6.42 Å². The van der Waals surface area contributed by atoms with Crippen LogP contribution in [-0.2, 0) is 4.79 Å². The van der Waals surface area contributed by atoms with Gasteiger partial charge in [-0.3, -0.25) is 4.79 Å². The van der Waals surface area contributed by atoms with E-state index < -0.39 is 5.97 Å². The van der Waals surface area contributed by atoms with Crippen molar-refractivity contribution < 1.29 is 15.0 Å². The number of hydrogen-bond donors (Lipinski definition) is 2. The van der Waals surface area contributed by atoms with Gasteiger partial charge in [-0.05, 0) is 98.2 Å². The predicted octanol–water partition coefficient (Wildman–Crippen LogP) is 5.36.